The molecule has 1 rings (SSSR count). The van der Waals surface area contributed by atoms with Crippen molar-refractivity contribution < 1.29 is 9.47 Å². The Labute approximate surface area is 110 Å². The highest BCUT2D eigenvalue weighted by Crippen LogP contribution is 2.24. The highest BCUT2D eigenvalue weighted by molar-refractivity contribution is 5.42. The molecule has 0 atom stereocenters. The molecule has 1 aromatic carbocycles. The number of nitrogens with two attached hydrogens (primary N) is 1. The van der Waals surface area contributed by atoms with Crippen LogP contribution in [0.1, 0.15) is 24.5 Å². The van der Waals surface area contributed by atoms with E-state index in [-0.39, 0.29) is 0 Å². The molecule has 0 fully saturated rings. The van der Waals surface area contributed by atoms with Crippen LogP contribution < -0.4 is 10.5 Å². The third-order valence-electron chi connectivity index (χ3n) is 2.58. The molecule has 0 bridgehead atoms. The van der Waals surface area contributed by atoms with Gasteiger partial charge in [-0.05, 0) is 18.4 Å². The van der Waals surface area contributed by atoms with Crippen LogP contribution in [0.25, 0.3) is 0 Å². The Morgan fingerprint density at radius 1 is 1.22 bits per heavy atom. The zero-order valence-electron chi connectivity index (χ0n) is 11.2. The van der Waals surface area contributed by atoms with Crippen LogP contribution in [0.2, 0.25) is 0 Å². The van der Waals surface area contributed by atoms with Crippen molar-refractivity contribution in [2.45, 2.75) is 26.3 Å². The smallest absolute Gasteiger partial charge is 0.127 e. The number of allylic oxidation sites excluding steroid dienone is 1. The van der Waals surface area contributed by atoms with Gasteiger partial charge in [-0.3, -0.25) is 0 Å². The highest BCUT2D eigenvalue weighted by atomic mass is 16.5. The van der Waals surface area contributed by atoms with Gasteiger partial charge in [-0.15, -0.1) is 6.58 Å². The Balaban J connectivity index is 2.62. The summed E-state index contributed by atoms with van der Waals surface area (Å²) >= 11 is 0. The second kappa shape index (κ2) is 8.72. The molecule has 0 aromatic heterocycles. The Kier molecular flexibility index (Phi) is 7.14. The predicted molar refractivity (Wildman–Crippen MR) is 74.8 cm³/mol. The van der Waals surface area contributed by atoms with Crippen LogP contribution >= 0.6 is 0 Å². The third-order valence-corrected chi connectivity index (χ3v) is 2.58. The monoisotopic (exact) mass is 249 g/mol. The number of hydrogen-bond acceptors (Lipinski definition) is 3. The van der Waals surface area contributed by atoms with Crippen molar-refractivity contribution >= 4 is 0 Å². The third kappa shape index (κ3) is 4.51. The van der Waals surface area contributed by atoms with Gasteiger partial charge in [-0.2, -0.15) is 0 Å². The standard InChI is InChI=1S/C15H23NO2/c1-3-6-13-7-5-8-14(12-16)15(13)18-11-10-17-9-4-2/h3,5,7-8H,1,4,6,9-12,16H2,2H3. The minimum absolute atomic E-state index is 0.482. The molecule has 0 unspecified atom stereocenters. The lowest BCUT2D eigenvalue weighted by atomic mass is 10.1. The molecule has 0 spiro atoms. The molecule has 0 saturated carbocycles. The molecule has 0 radical (unpaired) electrons. The number of para-hydroxylation sites is 1. The summed E-state index contributed by atoms with van der Waals surface area (Å²) in [5.41, 5.74) is 7.89. The summed E-state index contributed by atoms with van der Waals surface area (Å²) in [4.78, 5) is 0. The molecule has 0 aliphatic rings. The lowest BCUT2D eigenvalue weighted by Gasteiger charge is -2.14. The van der Waals surface area contributed by atoms with Crippen LogP contribution in [-0.4, -0.2) is 19.8 Å². The summed E-state index contributed by atoms with van der Waals surface area (Å²) in [5.74, 6) is 0.889. The van der Waals surface area contributed by atoms with Gasteiger partial charge in [-0.1, -0.05) is 31.2 Å². The van der Waals surface area contributed by atoms with Gasteiger partial charge in [-0.25, -0.2) is 0 Å². The van der Waals surface area contributed by atoms with Crippen molar-refractivity contribution in [2.24, 2.45) is 5.73 Å². The number of hydrogen-bond donors (Lipinski definition) is 1. The van der Waals surface area contributed by atoms with Crippen molar-refractivity contribution in [1.29, 1.82) is 0 Å². The molecule has 3 heteroatoms. The fourth-order valence-corrected chi connectivity index (χ4v) is 1.75. The SMILES string of the molecule is C=CCc1cccc(CN)c1OCCOCCC. The Morgan fingerprint density at radius 3 is 2.67 bits per heavy atom. The molecule has 0 aliphatic carbocycles. The van der Waals surface area contributed by atoms with E-state index in [9.17, 15) is 0 Å². The molecule has 0 amide bonds. The summed E-state index contributed by atoms with van der Waals surface area (Å²) < 4.78 is 11.2. The lowest BCUT2D eigenvalue weighted by molar-refractivity contribution is 0.1000. The first-order valence-electron chi connectivity index (χ1n) is 6.45. The van der Waals surface area contributed by atoms with E-state index in [0.717, 1.165) is 36.3 Å². The topological polar surface area (TPSA) is 44.5 Å². The minimum Gasteiger partial charge on any atom is -0.491 e. The maximum Gasteiger partial charge on any atom is 0.127 e. The molecule has 18 heavy (non-hydrogen) atoms. The second-order valence-corrected chi connectivity index (χ2v) is 4.06. The first-order valence-corrected chi connectivity index (χ1v) is 6.45. The molecular formula is C15H23NO2. The largest absolute Gasteiger partial charge is 0.491 e. The highest BCUT2D eigenvalue weighted by Gasteiger charge is 2.07. The summed E-state index contributed by atoms with van der Waals surface area (Å²) in [7, 11) is 0. The van der Waals surface area contributed by atoms with Crippen molar-refractivity contribution in [3.05, 3.63) is 42.0 Å². The minimum atomic E-state index is 0.482. The van der Waals surface area contributed by atoms with Crippen LogP contribution in [-0.2, 0) is 17.7 Å². The molecule has 1 aromatic rings. The molecule has 3 nitrogen and oxygen atoms in total. The zero-order valence-corrected chi connectivity index (χ0v) is 11.2. The van der Waals surface area contributed by atoms with E-state index in [2.05, 4.69) is 13.5 Å². The van der Waals surface area contributed by atoms with Gasteiger partial charge in [0.25, 0.3) is 0 Å². The lowest BCUT2D eigenvalue weighted by Crippen LogP contribution is -2.11. The maximum absolute atomic E-state index is 5.81. The normalized spacial score (nSPS) is 10.3. The van der Waals surface area contributed by atoms with Crippen LogP contribution in [0.4, 0.5) is 0 Å². The van der Waals surface area contributed by atoms with Crippen LogP contribution in [0.3, 0.4) is 0 Å². The Hall–Kier alpha value is -1.32. The Morgan fingerprint density at radius 2 is 2.00 bits per heavy atom. The van der Waals surface area contributed by atoms with E-state index < -0.39 is 0 Å². The first-order chi connectivity index (χ1) is 8.83. The van der Waals surface area contributed by atoms with Crippen molar-refractivity contribution in [3.63, 3.8) is 0 Å². The molecule has 0 aliphatic heterocycles. The van der Waals surface area contributed by atoms with Crippen LogP contribution in [0.5, 0.6) is 5.75 Å². The summed E-state index contributed by atoms with van der Waals surface area (Å²) in [6.45, 7) is 8.28. The van der Waals surface area contributed by atoms with Gasteiger partial charge >= 0.3 is 0 Å². The average molecular weight is 249 g/mol. The van der Waals surface area contributed by atoms with Crippen LogP contribution in [0.15, 0.2) is 30.9 Å². The van der Waals surface area contributed by atoms with Gasteiger partial charge in [0.2, 0.25) is 0 Å². The molecule has 0 saturated heterocycles. The molecule has 0 heterocycles. The fourth-order valence-electron chi connectivity index (χ4n) is 1.75. The fraction of sp³-hybridized carbons (Fsp3) is 0.467. The Bertz CT molecular complexity index is 364. The van der Waals surface area contributed by atoms with Crippen molar-refractivity contribution in [2.75, 3.05) is 19.8 Å². The zero-order chi connectivity index (χ0) is 13.2. The van der Waals surface area contributed by atoms with E-state index in [1.807, 2.05) is 24.3 Å². The number of benzene rings is 1. The van der Waals surface area contributed by atoms with E-state index in [4.69, 9.17) is 15.2 Å². The van der Waals surface area contributed by atoms with E-state index in [0.29, 0.717) is 19.8 Å². The van der Waals surface area contributed by atoms with E-state index in [1.54, 1.807) is 0 Å². The maximum atomic E-state index is 5.81. The van der Waals surface area contributed by atoms with Gasteiger partial charge in [0, 0.05) is 18.7 Å². The van der Waals surface area contributed by atoms with Gasteiger partial charge in [0.1, 0.15) is 12.4 Å². The summed E-state index contributed by atoms with van der Waals surface area (Å²) in [6.07, 6.45) is 3.69. The van der Waals surface area contributed by atoms with Crippen LogP contribution in [0, 0.1) is 0 Å². The second-order valence-electron chi connectivity index (χ2n) is 4.06. The van der Waals surface area contributed by atoms with Gasteiger partial charge < -0.3 is 15.2 Å². The molecule has 2 N–H and O–H groups in total. The summed E-state index contributed by atoms with van der Waals surface area (Å²) in [6, 6.07) is 6.04. The van der Waals surface area contributed by atoms with E-state index in [1.165, 1.54) is 0 Å². The van der Waals surface area contributed by atoms with E-state index >= 15 is 0 Å². The van der Waals surface area contributed by atoms with Gasteiger partial charge in [0.15, 0.2) is 0 Å². The number of rotatable bonds is 9. The quantitative estimate of drug-likeness (QED) is 0.540. The first kappa shape index (κ1) is 14.7. The average Bonchev–Trinajstić information content (AvgIpc) is 2.40. The number of ether oxygens (including phenoxy) is 2. The summed E-state index contributed by atoms with van der Waals surface area (Å²) in [5, 5.41) is 0. The molecular weight excluding hydrogens is 226 g/mol. The predicted octanol–water partition coefficient (Wildman–Crippen LogP) is 2.68. The van der Waals surface area contributed by atoms with Gasteiger partial charge in [0.05, 0.1) is 6.61 Å². The molecule has 100 valence electrons. The van der Waals surface area contributed by atoms with Crippen molar-refractivity contribution in [1.82, 2.24) is 0 Å². The van der Waals surface area contributed by atoms with Crippen molar-refractivity contribution in [3.8, 4) is 5.75 Å².